The number of rotatable bonds is 8. The van der Waals surface area contributed by atoms with Gasteiger partial charge in [0.05, 0.1) is 16.7 Å². The molecule has 0 saturated heterocycles. The summed E-state index contributed by atoms with van der Waals surface area (Å²) in [4.78, 5) is 9.90. The molecule has 0 aliphatic carbocycles. The molecule has 0 radical (unpaired) electrons. The fourth-order valence-electron chi connectivity index (χ4n) is 8.01. The predicted molar refractivity (Wildman–Crippen MR) is 232 cm³/mol. The molecule has 3 aromatic heterocycles. The molecule has 0 spiro atoms. The Morgan fingerprint density at radius 3 is 2.04 bits per heavy atom. The molecule has 6 nitrogen and oxygen atoms in total. The quantitative estimate of drug-likeness (QED) is 0.156. The second kappa shape index (κ2) is 14.2. The minimum atomic E-state index is -0.0148. The molecule has 0 aliphatic heterocycles. The average Bonchev–Trinajstić information content (AvgIpc) is 3.77. The Balaban J connectivity index is 1.21. The van der Waals surface area contributed by atoms with Crippen molar-refractivity contribution in [2.75, 3.05) is 0 Å². The van der Waals surface area contributed by atoms with Crippen LogP contribution in [0, 0.1) is 20.8 Å². The van der Waals surface area contributed by atoms with Crippen molar-refractivity contribution in [2.24, 2.45) is 0 Å². The fraction of sp³-hybridized carbons (Fsp3) is 0.260. The van der Waals surface area contributed by atoms with Gasteiger partial charge in [-0.25, -0.2) is 14.6 Å². The molecule has 5 aromatic carbocycles. The Bertz CT molecular complexity index is 2730. The molecule has 0 N–H and O–H groups in total. The lowest BCUT2D eigenvalue weighted by molar-refractivity contribution is 0.483. The number of benzene rings is 5. The van der Waals surface area contributed by atoms with E-state index < -0.39 is 0 Å². The lowest BCUT2D eigenvalue weighted by Crippen LogP contribution is -2.11. The van der Waals surface area contributed by atoms with Crippen LogP contribution >= 0.6 is 0 Å². The Kier molecular flexibility index (Phi) is 9.40. The van der Waals surface area contributed by atoms with Gasteiger partial charge in [0, 0.05) is 34.2 Å². The van der Waals surface area contributed by atoms with Gasteiger partial charge >= 0.3 is 0 Å². The van der Waals surface area contributed by atoms with Crippen LogP contribution in [0.2, 0.25) is 0 Å². The van der Waals surface area contributed by atoms with Crippen LogP contribution in [0.3, 0.4) is 0 Å². The smallest absolute Gasteiger partial charge is 0.181 e. The molecule has 0 atom stereocenters. The molecule has 3 heterocycles. The van der Waals surface area contributed by atoms with Crippen LogP contribution in [0.5, 0.6) is 11.5 Å². The van der Waals surface area contributed by atoms with Crippen LogP contribution in [0.25, 0.3) is 55.8 Å². The van der Waals surface area contributed by atoms with Crippen LogP contribution in [0.1, 0.15) is 93.7 Å². The molecule has 282 valence electrons. The predicted octanol–water partition coefficient (Wildman–Crippen LogP) is 13.4. The van der Waals surface area contributed by atoms with E-state index in [0.29, 0.717) is 23.4 Å². The molecule has 0 bridgehead atoms. The zero-order valence-electron chi connectivity index (χ0n) is 34.3. The third-order valence-electron chi connectivity index (χ3n) is 10.9. The largest absolute Gasteiger partial charge is 0.457 e. The first-order valence-corrected chi connectivity index (χ1v) is 19.7. The zero-order chi connectivity index (χ0) is 39.5. The average molecular weight is 738 g/mol. The van der Waals surface area contributed by atoms with Crippen LogP contribution in [-0.2, 0) is 5.41 Å². The molecule has 6 heteroatoms. The van der Waals surface area contributed by atoms with Crippen molar-refractivity contribution in [2.45, 2.75) is 86.5 Å². The number of ether oxygens (including phenoxy) is 1. The highest BCUT2D eigenvalue weighted by molar-refractivity contribution is 6.09. The maximum atomic E-state index is 6.63. The van der Waals surface area contributed by atoms with Gasteiger partial charge in [-0.15, -0.1) is 5.10 Å². The lowest BCUT2D eigenvalue weighted by atomic mass is 9.86. The first-order valence-electron chi connectivity index (χ1n) is 19.7. The molecule has 0 amide bonds. The van der Waals surface area contributed by atoms with Gasteiger partial charge in [-0.1, -0.05) is 115 Å². The molecule has 0 unspecified atom stereocenters. The highest BCUT2D eigenvalue weighted by Crippen LogP contribution is 2.39. The molecule has 8 rings (SSSR count). The van der Waals surface area contributed by atoms with Gasteiger partial charge in [-0.3, -0.25) is 4.57 Å². The van der Waals surface area contributed by atoms with Crippen molar-refractivity contribution in [3.05, 3.63) is 149 Å². The summed E-state index contributed by atoms with van der Waals surface area (Å²) >= 11 is 0. The number of nitrogens with zero attached hydrogens (tertiary/aromatic N) is 5. The second-order valence-corrected chi connectivity index (χ2v) is 17.0. The molecular weight excluding hydrogens is 687 g/mol. The summed E-state index contributed by atoms with van der Waals surface area (Å²) in [7, 11) is 0. The summed E-state index contributed by atoms with van der Waals surface area (Å²) in [6.07, 6.45) is 3.86. The van der Waals surface area contributed by atoms with Crippen LogP contribution in [-0.4, -0.2) is 24.3 Å². The minimum absolute atomic E-state index is 0.0148. The first kappa shape index (κ1) is 36.9. The molecule has 0 aliphatic rings. The van der Waals surface area contributed by atoms with E-state index in [0.717, 1.165) is 39.2 Å². The van der Waals surface area contributed by atoms with Crippen molar-refractivity contribution < 1.29 is 4.74 Å². The molecule has 8 aromatic rings. The van der Waals surface area contributed by atoms with E-state index in [9.17, 15) is 0 Å². The standard InChI is InChI=1S/C50H51N5O/c1-30(2)35-13-11-14-36(23-35)44-28-51-47(27-43(44)31(3)4)55-45-25-38(50(8,9)10)17-19-41(45)42-20-18-40(26-46(42)55)56-39-16-12-15-37(24-39)49-52-29-54(53-49)48-33(6)21-32(5)22-34(48)7/h11-31H,1-10H3. The molecule has 0 saturated carbocycles. The summed E-state index contributed by atoms with van der Waals surface area (Å²) in [6, 6.07) is 36.8. The Labute approximate surface area is 330 Å². The van der Waals surface area contributed by atoms with E-state index in [1.54, 1.807) is 6.33 Å². The summed E-state index contributed by atoms with van der Waals surface area (Å²) in [5.74, 6) is 3.74. The van der Waals surface area contributed by atoms with Crippen LogP contribution < -0.4 is 4.74 Å². The summed E-state index contributed by atoms with van der Waals surface area (Å²) in [6.45, 7) is 22.2. The van der Waals surface area contributed by atoms with Crippen molar-refractivity contribution >= 4 is 21.8 Å². The Morgan fingerprint density at radius 1 is 0.643 bits per heavy atom. The third-order valence-corrected chi connectivity index (χ3v) is 10.9. The fourth-order valence-corrected chi connectivity index (χ4v) is 8.01. The monoisotopic (exact) mass is 737 g/mol. The number of aryl methyl sites for hydroxylation is 3. The number of fused-ring (bicyclic) bond motifs is 3. The van der Waals surface area contributed by atoms with Crippen molar-refractivity contribution in [1.29, 1.82) is 0 Å². The molecule has 56 heavy (non-hydrogen) atoms. The number of hydrogen-bond donors (Lipinski definition) is 0. The Morgan fingerprint density at radius 2 is 1.32 bits per heavy atom. The van der Waals surface area contributed by atoms with Crippen molar-refractivity contribution in [1.82, 2.24) is 24.3 Å². The van der Waals surface area contributed by atoms with Gasteiger partial charge in [0.25, 0.3) is 0 Å². The second-order valence-electron chi connectivity index (χ2n) is 17.0. The van der Waals surface area contributed by atoms with Crippen molar-refractivity contribution in [3.63, 3.8) is 0 Å². The minimum Gasteiger partial charge on any atom is -0.457 e. The highest BCUT2D eigenvalue weighted by atomic mass is 16.5. The van der Waals surface area contributed by atoms with Gasteiger partial charge in [0.1, 0.15) is 23.6 Å². The number of pyridine rings is 1. The number of aromatic nitrogens is 5. The lowest BCUT2D eigenvalue weighted by Gasteiger charge is -2.20. The van der Waals surface area contributed by atoms with Gasteiger partial charge in [-0.2, -0.15) is 0 Å². The van der Waals surface area contributed by atoms with Gasteiger partial charge in [0.2, 0.25) is 0 Å². The van der Waals surface area contributed by atoms with E-state index in [1.807, 2.05) is 28.9 Å². The van der Waals surface area contributed by atoms with Gasteiger partial charge in [0.15, 0.2) is 5.82 Å². The maximum absolute atomic E-state index is 6.63. The molecular formula is C50H51N5O. The van der Waals surface area contributed by atoms with Crippen LogP contribution in [0.15, 0.2) is 116 Å². The maximum Gasteiger partial charge on any atom is 0.181 e. The number of hydrogen-bond acceptors (Lipinski definition) is 4. The first-order chi connectivity index (χ1) is 26.7. The normalized spacial score (nSPS) is 12.1. The van der Waals surface area contributed by atoms with E-state index >= 15 is 0 Å². The summed E-state index contributed by atoms with van der Waals surface area (Å²) in [5.41, 5.74) is 13.9. The van der Waals surface area contributed by atoms with E-state index in [2.05, 4.69) is 159 Å². The van der Waals surface area contributed by atoms with E-state index in [1.165, 1.54) is 49.9 Å². The zero-order valence-corrected chi connectivity index (χ0v) is 34.3. The SMILES string of the molecule is Cc1cc(C)c(-n2cnc(-c3cccc(Oc4ccc5c6ccc(C(C)(C)C)cc6n(-c6cc(C(C)C)c(-c7cccc(C(C)C)c7)cn6)c5c4)c3)n2)c(C)c1. The third kappa shape index (κ3) is 6.89. The van der Waals surface area contributed by atoms with E-state index in [-0.39, 0.29) is 5.41 Å². The summed E-state index contributed by atoms with van der Waals surface area (Å²) < 4.78 is 10.8. The Hall–Kier alpha value is -6.01. The van der Waals surface area contributed by atoms with E-state index in [4.69, 9.17) is 19.8 Å². The van der Waals surface area contributed by atoms with Gasteiger partial charge < -0.3 is 4.74 Å². The van der Waals surface area contributed by atoms with Gasteiger partial charge in [-0.05, 0) is 108 Å². The topological polar surface area (TPSA) is 57.8 Å². The van der Waals surface area contributed by atoms with Crippen LogP contribution in [0.4, 0.5) is 0 Å². The van der Waals surface area contributed by atoms with Crippen molar-refractivity contribution in [3.8, 4) is 45.5 Å². The highest BCUT2D eigenvalue weighted by Gasteiger charge is 2.21. The summed E-state index contributed by atoms with van der Waals surface area (Å²) in [5, 5.41) is 7.22. The molecule has 0 fully saturated rings.